The van der Waals surface area contributed by atoms with Crippen molar-refractivity contribution in [1.82, 2.24) is 9.69 Å². The summed E-state index contributed by atoms with van der Waals surface area (Å²) in [6.07, 6.45) is 0. The highest BCUT2D eigenvalue weighted by Gasteiger charge is 2.23. The van der Waals surface area contributed by atoms with Crippen LogP contribution in [0.5, 0.6) is 0 Å². The highest BCUT2D eigenvalue weighted by molar-refractivity contribution is 7.11. The fourth-order valence-electron chi connectivity index (χ4n) is 2.06. The Kier molecular flexibility index (Phi) is 4.47. The molecule has 0 aliphatic rings. The molecule has 0 saturated carbocycles. The third-order valence-corrected chi connectivity index (χ3v) is 4.24. The molecule has 0 unspecified atom stereocenters. The zero-order valence-corrected chi connectivity index (χ0v) is 13.3. The van der Waals surface area contributed by atoms with E-state index in [9.17, 15) is 4.79 Å². The second kappa shape index (κ2) is 6.13. The van der Waals surface area contributed by atoms with Gasteiger partial charge in [-0.1, -0.05) is 44.2 Å². The first-order chi connectivity index (χ1) is 9.95. The summed E-state index contributed by atoms with van der Waals surface area (Å²) >= 11 is 1.21. The van der Waals surface area contributed by atoms with E-state index in [0.29, 0.717) is 17.1 Å². The van der Waals surface area contributed by atoms with Gasteiger partial charge in [-0.3, -0.25) is 4.79 Å². The third kappa shape index (κ3) is 3.33. The van der Waals surface area contributed by atoms with Crippen molar-refractivity contribution in [3.63, 3.8) is 0 Å². The van der Waals surface area contributed by atoms with Gasteiger partial charge in [0, 0.05) is 19.0 Å². The number of carbonyl (C=O) groups excluding carboxylic acids is 1. The summed E-state index contributed by atoms with van der Waals surface area (Å²) in [7, 11) is 1.58. The van der Waals surface area contributed by atoms with E-state index < -0.39 is 0 Å². The molecule has 112 valence electrons. The summed E-state index contributed by atoms with van der Waals surface area (Å²) in [6.45, 7) is 4.99. The SMILES string of the molecule is CNC(=O)c1c(N)nsc1NCC(C)(C)c1ccccc1. The van der Waals surface area contributed by atoms with Crippen molar-refractivity contribution in [2.75, 3.05) is 24.6 Å². The first-order valence-corrected chi connectivity index (χ1v) is 7.49. The monoisotopic (exact) mass is 304 g/mol. The average molecular weight is 304 g/mol. The molecule has 0 aliphatic carbocycles. The summed E-state index contributed by atoms with van der Waals surface area (Å²) in [5.74, 6) is 0.0423. The summed E-state index contributed by atoms with van der Waals surface area (Å²) in [6, 6.07) is 10.3. The van der Waals surface area contributed by atoms with Crippen molar-refractivity contribution in [3.05, 3.63) is 41.5 Å². The molecule has 1 heterocycles. The smallest absolute Gasteiger partial charge is 0.257 e. The fourth-order valence-corrected chi connectivity index (χ4v) is 2.77. The molecule has 0 atom stereocenters. The largest absolute Gasteiger partial charge is 0.382 e. The van der Waals surface area contributed by atoms with Crippen molar-refractivity contribution in [1.29, 1.82) is 0 Å². The van der Waals surface area contributed by atoms with Crippen LogP contribution in [0.4, 0.5) is 10.8 Å². The van der Waals surface area contributed by atoms with Gasteiger partial charge in [-0.25, -0.2) is 0 Å². The number of nitrogen functional groups attached to an aromatic ring is 1. The van der Waals surface area contributed by atoms with Crippen LogP contribution >= 0.6 is 11.5 Å². The van der Waals surface area contributed by atoms with Crippen LogP contribution < -0.4 is 16.4 Å². The Hall–Kier alpha value is -2.08. The average Bonchev–Trinajstić information content (AvgIpc) is 2.86. The number of anilines is 2. The maximum absolute atomic E-state index is 11.8. The van der Waals surface area contributed by atoms with E-state index in [4.69, 9.17) is 5.73 Å². The molecule has 2 rings (SSSR count). The number of aromatic nitrogens is 1. The van der Waals surface area contributed by atoms with Crippen LogP contribution in [0.25, 0.3) is 0 Å². The first kappa shape index (κ1) is 15.3. The van der Waals surface area contributed by atoms with Crippen LogP contribution in [0.2, 0.25) is 0 Å². The Bertz CT molecular complexity index is 622. The molecular weight excluding hydrogens is 284 g/mol. The lowest BCUT2D eigenvalue weighted by Crippen LogP contribution is -2.28. The third-order valence-electron chi connectivity index (χ3n) is 3.42. The Morgan fingerprint density at radius 3 is 2.62 bits per heavy atom. The Morgan fingerprint density at radius 1 is 1.33 bits per heavy atom. The standard InChI is InChI=1S/C15H20N4OS/c1-15(2,10-7-5-4-6-8-10)9-18-14-11(13(20)17-3)12(16)19-21-14/h4-8,18H,9H2,1-3H3,(H2,16,19)(H,17,20). The summed E-state index contributed by atoms with van der Waals surface area (Å²) in [4.78, 5) is 11.8. The zero-order valence-electron chi connectivity index (χ0n) is 12.4. The lowest BCUT2D eigenvalue weighted by atomic mass is 9.85. The van der Waals surface area contributed by atoms with E-state index in [1.54, 1.807) is 7.05 Å². The maximum atomic E-state index is 11.8. The second-order valence-electron chi connectivity index (χ2n) is 5.45. The topological polar surface area (TPSA) is 80.0 Å². The number of amides is 1. The predicted octanol–water partition coefficient (Wildman–Crippen LogP) is 2.47. The van der Waals surface area contributed by atoms with E-state index in [-0.39, 0.29) is 17.1 Å². The van der Waals surface area contributed by atoms with Crippen LogP contribution in [0.15, 0.2) is 30.3 Å². The van der Waals surface area contributed by atoms with E-state index in [1.165, 1.54) is 17.1 Å². The Morgan fingerprint density at radius 2 is 2.00 bits per heavy atom. The quantitative estimate of drug-likeness (QED) is 0.793. The van der Waals surface area contributed by atoms with Crippen LogP contribution in [0.3, 0.4) is 0 Å². The Balaban J connectivity index is 2.15. The molecule has 0 spiro atoms. The molecule has 0 fully saturated rings. The molecule has 6 heteroatoms. The van der Waals surface area contributed by atoms with Crippen LogP contribution in [0.1, 0.15) is 29.8 Å². The van der Waals surface area contributed by atoms with Crippen molar-refractivity contribution in [2.24, 2.45) is 0 Å². The van der Waals surface area contributed by atoms with E-state index >= 15 is 0 Å². The lowest BCUT2D eigenvalue weighted by Gasteiger charge is -2.26. The predicted molar refractivity (Wildman–Crippen MR) is 87.9 cm³/mol. The maximum Gasteiger partial charge on any atom is 0.257 e. The van der Waals surface area contributed by atoms with Crippen molar-refractivity contribution in [2.45, 2.75) is 19.3 Å². The molecule has 2 aromatic rings. The molecular formula is C15H20N4OS. The number of nitrogens with two attached hydrogens (primary N) is 1. The van der Waals surface area contributed by atoms with Gasteiger partial charge in [0.1, 0.15) is 10.6 Å². The second-order valence-corrected chi connectivity index (χ2v) is 6.23. The van der Waals surface area contributed by atoms with Gasteiger partial charge in [0.25, 0.3) is 5.91 Å². The van der Waals surface area contributed by atoms with Gasteiger partial charge in [0.2, 0.25) is 0 Å². The Labute approximate surface area is 128 Å². The summed E-state index contributed by atoms with van der Waals surface area (Å²) in [5.41, 5.74) is 7.35. The molecule has 0 bridgehead atoms. The number of hydrogen-bond acceptors (Lipinski definition) is 5. The molecule has 0 radical (unpaired) electrons. The number of carbonyl (C=O) groups is 1. The number of nitrogens with zero attached hydrogens (tertiary/aromatic N) is 1. The number of rotatable bonds is 5. The number of hydrogen-bond donors (Lipinski definition) is 3. The minimum atomic E-state index is -0.221. The lowest BCUT2D eigenvalue weighted by molar-refractivity contribution is 0.0965. The van der Waals surface area contributed by atoms with Crippen LogP contribution in [-0.4, -0.2) is 23.9 Å². The molecule has 0 aliphatic heterocycles. The zero-order chi connectivity index (χ0) is 15.5. The summed E-state index contributed by atoms with van der Waals surface area (Å²) in [5, 5.41) is 6.59. The molecule has 1 amide bonds. The molecule has 21 heavy (non-hydrogen) atoms. The molecule has 5 nitrogen and oxygen atoms in total. The highest BCUT2D eigenvalue weighted by Crippen LogP contribution is 2.29. The highest BCUT2D eigenvalue weighted by atomic mass is 32.1. The normalized spacial score (nSPS) is 11.2. The molecule has 0 saturated heterocycles. The van der Waals surface area contributed by atoms with E-state index in [0.717, 1.165) is 0 Å². The van der Waals surface area contributed by atoms with E-state index in [1.807, 2.05) is 18.2 Å². The molecule has 1 aromatic carbocycles. The van der Waals surface area contributed by atoms with Crippen LogP contribution in [0, 0.1) is 0 Å². The van der Waals surface area contributed by atoms with E-state index in [2.05, 4.69) is 41.0 Å². The summed E-state index contributed by atoms with van der Waals surface area (Å²) < 4.78 is 4.06. The first-order valence-electron chi connectivity index (χ1n) is 6.72. The minimum Gasteiger partial charge on any atom is -0.382 e. The van der Waals surface area contributed by atoms with Crippen molar-refractivity contribution in [3.8, 4) is 0 Å². The van der Waals surface area contributed by atoms with Gasteiger partial charge in [0.05, 0.1) is 0 Å². The number of benzene rings is 1. The van der Waals surface area contributed by atoms with Gasteiger partial charge in [-0.15, -0.1) is 0 Å². The van der Waals surface area contributed by atoms with Crippen molar-refractivity contribution < 1.29 is 4.79 Å². The van der Waals surface area contributed by atoms with Gasteiger partial charge in [0.15, 0.2) is 5.82 Å². The molecule has 1 aromatic heterocycles. The van der Waals surface area contributed by atoms with Gasteiger partial charge < -0.3 is 16.4 Å². The van der Waals surface area contributed by atoms with Gasteiger partial charge >= 0.3 is 0 Å². The van der Waals surface area contributed by atoms with Gasteiger partial charge in [-0.05, 0) is 17.1 Å². The molecule has 4 N–H and O–H groups in total. The van der Waals surface area contributed by atoms with Crippen LogP contribution in [-0.2, 0) is 5.41 Å². The minimum absolute atomic E-state index is 0.0695. The van der Waals surface area contributed by atoms with Crippen molar-refractivity contribution >= 4 is 28.3 Å². The number of nitrogens with one attached hydrogen (secondary N) is 2. The van der Waals surface area contributed by atoms with Gasteiger partial charge in [-0.2, -0.15) is 4.37 Å². The fraction of sp³-hybridized carbons (Fsp3) is 0.333.